The molecule has 0 spiro atoms. The van der Waals surface area contributed by atoms with Gasteiger partial charge in [0.2, 0.25) is 5.91 Å². The van der Waals surface area contributed by atoms with Crippen molar-refractivity contribution in [3.8, 4) is 0 Å². The highest BCUT2D eigenvalue weighted by Crippen LogP contribution is 2.08. The molecule has 0 aliphatic heterocycles. The standard InChI is InChI=1S/C12H26N2O2/c1-6-9(2)11(8-15)13-10(3)7-12(16)14(4)5/h9-11,13,15H,6-8H2,1-5H3. The third-order valence-electron chi connectivity index (χ3n) is 3.01. The molecule has 0 heterocycles. The van der Waals surface area contributed by atoms with Crippen molar-refractivity contribution in [1.82, 2.24) is 10.2 Å². The van der Waals surface area contributed by atoms with E-state index in [0.717, 1.165) is 6.42 Å². The maximum absolute atomic E-state index is 11.5. The monoisotopic (exact) mass is 230 g/mol. The SMILES string of the molecule is CCC(C)C(CO)NC(C)CC(=O)N(C)C. The third kappa shape index (κ3) is 5.47. The molecule has 0 aromatic carbocycles. The van der Waals surface area contributed by atoms with Gasteiger partial charge < -0.3 is 15.3 Å². The van der Waals surface area contributed by atoms with Crippen LogP contribution in [-0.4, -0.2) is 48.7 Å². The van der Waals surface area contributed by atoms with Crippen LogP contribution in [0.5, 0.6) is 0 Å². The van der Waals surface area contributed by atoms with E-state index in [1.807, 2.05) is 6.92 Å². The summed E-state index contributed by atoms with van der Waals surface area (Å²) in [6.45, 7) is 6.31. The van der Waals surface area contributed by atoms with Gasteiger partial charge in [-0.05, 0) is 12.8 Å². The van der Waals surface area contributed by atoms with Gasteiger partial charge in [0.15, 0.2) is 0 Å². The van der Waals surface area contributed by atoms with E-state index in [1.54, 1.807) is 19.0 Å². The number of amides is 1. The molecule has 0 rings (SSSR count). The van der Waals surface area contributed by atoms with Crippen molar-refractivity contribution < 1.29 is 9.90 Å². The Morgan fingerprint density at radius 2 is 1.94 bits per heavy atom. The Morgan fingerprint density at radius 3 is 2.31 bits per heavy atom. The lowest BCUT2D eigenvalue weighted by Gasteiger charge is -2.26. The lowest BCUT2D eigenvalue weighted by Crippen LogP contribution is -2.44. The molecule has 0 aliphatic rings. The highest BCUT2D eigenvalue weighted by Gasteiger charge is 2.18. The van der Waals surface area contributed by atoms with Gasteiger partial charge in [0, 0.05) is 32.6 Å². The maximum Gasteiger partial charge on any atom is 0.223 e. The second kappa shape index (κ2) is 7.63. The van der Waals surface area contributed by atoms with E-state index in [4.69, 9.17) is 0 Å². The maximum atomic E-state index is 11.5. The zero-order valence-electron chi connectivity index (χ0n) is 11.2. The molecule has 1 amide bonds. The van der Waals surface area contributed by atoms with Crippen molar-refractivity contribution in [1.29, 1.82) is 0 Å². The van der Waals surface area contributed by atoms with Crippen molar-refractivity contribution in [2.45, 2.75) is 45.7 Å². The first-order valence-electron chi connectivity index (χ1n) is 5.99. The van der Waals surface area contributed by atoms with E-state index in [9.17, 15) is 9.90 Å². The van der Waals surface area contributed by atoms with Gasteiger partial charge >= 0.3 is 0 Å². The van der Waals surface area contributed by atoms with Crippen molar-refractivity contribution in [3.63, 3.8) is 0 Å². The van der Waals surface area contributed by atoms with Crippen LogP contribution in [0.3, 0.4) is 0 Å². The molecule has 96 valence electrons. The zero-order valence-corrected chi connectivity index (χ0v) is 11.2. The number of hydrogen-bond acceptors (Lipinski definition) is 3. The van der Waals surface area contributed by atoms with Gasteiger partial charge in [0.05, 0.1) is 6.61 Å². The number of rotatable bonds is 7. The van der Waals surface area contributed by atoms with Crippen molar-refractivity contribution in [2.75, 3.05) is 20.7 Å². The van der Waals surface area contributed by atoms with Gasteiger partial charge in [-0.1, -0.05) is 20.3 Å². The summed E-state index contributed by atoms with van der Waals surface area (Å²) in [6.07, 6.45) is 1.49. The number of aliphatic hydroxyl groups is 1. The van der Waals surface area contributed by atoms with Crippen LogP contribution >= 0.6 is 0 Å². The van der Waals surface area contributed by atoms with Crippen LogP contribution in [0.25, 0.3) is 0 Å². The summed E-state index contributed by atoms with van der Waals surface area (Å²) in [5, 5.41) is 12.6. The van der Waals surface area contributed by atoms with E-state index < -0.39 is 0 Å². The van der Waals surface area contributed by atoms with Crippen molar-refractivity contribution >= 4 is 5.91 Å². The molecule has 16 heavy (non-hydrogen) atoms. The first-order valence-corrected chi connectivity index (χ1v) is 5.99. The summed E-state index contributed by atoms with van der Waals surface area (Å²) in [7, 11) is 3.51. The van der Waals surface area contributed by atoms with Crippen LogP contribution < -0.4 is 5.32 Å². The van der Waals surface area contributed by atoms with Crippen LogP contribution in [0, 0.1) is 5.92 Å². The summed E-state index contributed by atoms with van der Waals surface area (Å²) in [6, 6.07) is 0.177. The molecule has 0 radical (unpaired) electrons. The Labute approximate surface area is 99.0 Å². The average molecular weight is 230 g/mol. The molecular formula is C12H26N2O2. The number of hydrogen-bond donors (Lipinski definition) is 2. The van der Waals surface area contributed by atoms with Gasteiger partial charge in [0.1, 0.15) is 0 Å². The molecule has 0 bridgehead atoms. The minimum Gasteiger partial charge on any atom is -0.395 e. The summed E-state index contributed by atoms with van der Waals surface area (Å²) < 4.78 is 0. The summed E-state index contributed by atoms with van der Waals surface area (Å²) >= 11 is 0. The van der Waals surface area contributed by atoms with Gasteiger partial charge in [-0.25, -0.2) is 0 Å². The Kier molecular flexibility index (Phi) is 7.34. The van der Waals surface area contributed by atoms with Crippen molar-refractivity contribution in [2.24, 2.45) is 5.92 Å². The fourth-order valence-electron chi connectivity index (χ4n) is 1.55. The van der Waals surface area contributed by atoms with Gasteiger partial charge in [-0.15, -0.1) is 0 Å². The molecule has 0 fully saturated rings. The molecule has 0 saturated carbocycles. The van der Waals surface area contributed by atoms with Crippen LogP contribution in [0.2, 0.25) is 0 Å². The number of nitrogens with one attached hydrogen (secondary N) is 1. The quantitative estimate of drug-likeness (QED) is 0.682. The number of carbonyl (C=O) groups is 1. The Morgan fingerprint density at radius 1 is 1.38 bits per heavy atom. The Balaban J connectivity index is 4.10. The minimum absolute atomic E-state index is 0.0787. The van der Waals surface area contributed by atoms with E-state index in [1.165, 1.54) is 0 Å². The molecule has 4 heteroatoms. The topological polar surface area (TPSA) is 52.6 Å². The average Bonchev–Trinajstić information content (AvgIpc) is 2.24. The van der Waals surface area contributed by atoms with E-state index in [2.05, 4.69) is 19.2 Å². The smallest absolute Gasteiger partial charge is 0.223 e. The van der Waals surface area contributed by atoms with Crippen LogP contribution in [-0.2, 0) is 4.79 Å². The molecular weight excluding hydrogens is 204 g/mol. The zero-order chi connectivity index (χ0) is 12.7. The van der Waals surface area contributed by atoms with Crippen LogP contribution in [0.15, 0.2) is 0 Å². The van der Waals surface area contributed by atoms with Crippen LogP contribution in [0.4, 0.5) is 0 Å². The molecule has 0 aliphatic carbocycles. The molecule has 2 N–H and O–H groups in total. The molecule has 4 nitrogen and oxygen atoms in total. The first-order chi connectivity index (χ1) is 7.42. The molecule has 0 aromatic rings. The lowest BCUT2D eigenvalue weighted by atomic mass is 9.98. The number of aliphatic hydroxyl groups excluding tert-OH is 1. The van der Waals surface area contributed by atoms with E-state index in [-0.39, 0.29) is 24.6 Å². The normalized spacial score (nSPS) is 16.6. The van der Waals surface area contributed by atoms with Gasteiger partial charge in [0.25, 0.3) is 0 Å². The largest absolute Gasteiger partial charge is 0.395 e. The van der Waals surface area contributed by atoms with Gasteiger partial charge in [-0.3, -0.25) is 4.79 Å². The molecule has 3 unspecified atom stereocenters. The number of carbonyl (C=O) groups excluding carboxylic acids is 1. The number of nitrogens with zero attached hydrogens (tertiary/aromatic N) is 1. The first kappa shape index (κ1) is 15.4. The molecule has 0 aromatic heterocycles. The fourth-order valence-corrected chi connectivity index (χ4v) is 1.55. The second-order valence-corrected chi connectivity index (χ2v) is 4.73. The second-order valence-electron chi connectivity index (χ2n) is 4.73. The summed E-state index contributed by atoms with van der Waals surface area (Å²) in [5.74, 6) is 0.530. The minimum atomic E-state index is 0.0787. The van der Waals surface area contributed by atoms with Crippen LogP contribution in [0.1, 0.15) is 33.6 Å². The predicted molar refractivity (Wildman–Crippen MR) is 66.2 cm³/mol. The summed E-state index contributed by atoms with van der Waals surface area (Å²) in [5.41, 5.74) is 0. The molecule has 3 atom stereocenters. The van der Waals surface area contributed by atoms with E-state index in [0.29, 0.717) is 12.3 Å². The highest BCUT2D eigenvalue weighted by atomic mass is 16.3. The highest BCUT2D eigenvalue weighted by molar-refractivity contribution is 5.76. The van der Waals surface area contributed by atoms with Gasteiger partial charge in [-0.2, -0.15) is 0 Å². The molecule has 0 saturated heterocycles. The van der Waals surface area contributed by atoms with Crippen molar-refractivity contribution in [3.05, 3.63) is 0 Å². The Hall–Kier alpha value is -0.610. The lowest BCUT2D eigenvalue weighted by molar-refractivity contribution is -0.129. The third-order valence-corrected chi connectivity index (χ3v) is 3.01. The summed E-state index contributed by atoms with van der Waals surface area (Å²) in [4.78, 5) is 13.1. The fraction of sp³-hybridized carbons (Fsp3) is 0.917. The van der Waals surface area contributed by atoms with E-state index >= 15 is 0 Å². The Bertz CT molecular complexity index is 207. The predicted octanol–water partition coefficient (Wildman–Crippen LogP) is 0.850.